The number of nitrogens with one attached hydrogen (secondary N) is 2. The lowest BCUT2D eigenvalue weighted by Gasteiger charge is -2.23. The summed E-state index contributed by atoms with van der Waals surface area (Å²) in [7, 11) is 0. The molecule has 1 aromatic carbocycles. The van der Waals surface area contributed by atoms with Gasteiger partial charge in [0.05, 0.1) is 17.4 Å². The molecule has 3 rings (SSSR count). The Labute approximate surface area is 109 Å². The highest BCUT2D eigenvalue weighted by atomic mass is 16.2. The zero-order chi connectivity index (χ0) is 13.2. The first kappa shape index (κ1) is 11.6. The number of carbonyl (C=O) groups is 2. The number of aromatic nitrogens is 2. The van der Waals surface area contributed by atoms with Crippen LogP contribution in [0.25, 0.3) is 10.9 Å². The van der Waals surface area contributed by atoms with E-state index in [1.54, 1.807) is 6.20 Å². The maximum Gasteiger partial charge on any atom is 0.249 e. The maximum atomic E-state index is 11.7. The molecule has 1 aliphatic heterocycles. The van der Waals surface area contributed by atoms with Crippen LogP contribution in [0.3, 0.4) is 0 Å². The van der Waals surface area contributed by atoms with Crippen LogP contribution >= 0.6 is 0 Å². The molecule has 1 aliphatic rings. The number of imide groups is 1. The SMILES string of the molecule is O=C1CCC(Nc2cnnc3ccccc23)C(=O)N1. The average molecular weight is 256 g/mol. The molecule has 1 saturated heterocycles. The molecule has 1 fully saturated rings. The van der Waals surface area contributed by atoms with Gasteiger partial charge in [0, 0.05) is 11.8 Å². The Hall–Kier alpha value is -2.50. The van der Waals surface area contributed by atoms with Gasteiger partial charge in [0.25, 0.3) is 0 Å². The quantitative estimate of drug-likeness (QED) is 0.778. The van der Waals surface area contributed by atoms with E-state index in [2.05, 4.69) is 20.8 Å². The van der Waals surface area contributed by atoms with Crippen molar-refractivity contribution in [1.29, 1.82) is 0 Å². The molecule has 96 valence electrons. The lowest BCUT2D eigenvalue weighted by Crippen LogP contribution is -2.47. The van der Waals surface area contributed by atoms with E-state index in [-0.39, 0.29) is 11.8 Å². The van der Waals surface area contributed by atoms with Crippen molar-refractivity contribution in [1.82, 2.24) is 15.5 Å². The second-order valence-electron chi connectivity index (χ2n) is 4.42. The van der Waals surface area contributed by atoms with Gasteiger partial charge < -0.3 is 5.32 Å². The zero-order valence-electron chi connectivity index (χ0n) is 10.1. The zero-order valence-corrected chi connectivity index (χ0v) is 10.1. The number of piperidine rings is 1. The van der Waals surface area contributed by atoms with Crippen LogP contribution in [-0.4, -0.2) is 28.1 Å². The van der Waals surface area contributed by atoms with Gasteiger partial charge >= 0.3 is 0 Å². The van der Waals surface area contributed by atoms with Crippen molar-refractivity contribution >= 4 is 28.4 Å². The third-order valence-electron chi connectivity index (χ3n) is 3.12. The Balaban J connectivity index is 1.89. The molecule has 0 bridgehead atoms. The predicted molar refractivity (Wildman–Crippen MR) is 69.3 cm³/mol. The molecule has 2 N–H and O–H groups in total. The first-order chi connectivity index (χ1) is 9.24. The molecule has 6 heteroatoms. The van der Waals surface area contributed by atoms with E-state index >= 15 is 0 Å². The standard InChI is InChI=1S/C13H12N4O2/c18-12-6-5-10(13(19)16-12)15-11-7-14-17-9-4-2-1-3-8(9)11/h1-4,7,10H,5-6H2,(H,15,17)(H,16,18,19). The van der Waals surface area contributed by atoms with E-state index in [1.165, 1.54) is 0 Å². The molecule has 2 aromatic rings. The first-order valence-electron chi connectivity index (χ1n) is 6.05. The molecule has 1 atom stereocenters. The number of benzene rings is 1. The Morgan fingerprint density at radius 1 is 1.26 bits per heavy atom. The van der Waals surface area contributed by atoms with Gasteiger partial charge in [-0.3, -0.25) is 14.9 Å². The van der Waals surface area contributed by atoms with E-state index in [0.717, 1.165) is 16.6 Å². The summed E-state index contributed by atoms with van der Waals surface area (Å²) in [5.74, 6) is -0.516. The summed E-state index contributed by atoms with van der Waals surface area (Å²) in [6.45, 7) is 0. The number of carbonyl (C=O) groups excluding carboxylic acids is 2. The van der Waals surface area contributed by atoms with Crippen LogP contribution < -0.4 is 10.6 Å². The highest BCUT2D eigenvalue weighted by molar-refractivity contribution is 6.02. The molecular weight excluding hydrogens is 244 g/mol. The number of rotatable bonds is 2. The monoisotopic (exact) mass is 256 g/mol. The number of anilines is 1. The molecule has 2 heterocycles. The van der Waals surface area contributed by atoms with Gasteiger partial charge in [0.2, 0.25) is 11.8 Å². The summed E-state index contributed by atoms with van der Waals surface area (Å²) < 4.78 is 0. The van der Waals surface area contributed by atoms with Crippen LogP contribution in [0.4, 0.5) is 5.69 Å². The third-order valence-corrected chi connectivity index (χ3v) is 3.12. The van der Waals surface area contributed by atoms with Crippen LogP contribution in [0, 0.1) is 0 Å². The normalized spacial score (nSPS) is 19.3. The molecule has 1 aromatic heterocycles. The molecule has 1 unspecified atom stereocenters. The van der Waals surface area contributed by atoms with Crippen molar-refractivity contribution in [3.8, 4) is 0 Å². The molecule has 19 heavy (non-hydrogen) atoms. The minimum Gasteiger partial charge on any atom is -0.372 e. The van der Waals surface area contributed by atoms with E-state index in [9.17, 15) is 9.59 Å². The van der Waals surface area contributed by atoms with Crippen LogP contribution in [0.1, 0.15) is 12.8 Å². The van der Waals surface area contributed by atoms with E-state index < -0.39 is 6.04 Å². The molecule has 2 amide bonds. The molecular formula is C13H12N4O2. The lowest BCUT2D eigenvalue weighted by molar-refractivity contribution is -0.133. The minimum atomic E-state index is -0.412. The smallest absolute Gasteiger partial charge is 0.249 e. The van der Waals surface area contributed by atoms with Gasteiger partial charge in [-0.2, -0.15) is 10.2 Å². The van der Waals surface area contributed by atoms with Gasteiger partial charge in [0.1, 0.15) is 6.04 Å². The van der Waals surface area contributed by atoms with Crippen LogP contribution in [0.15, 0.2) is 30.5 Å². The van der Waals surface area contributed by atoms with Gasteiger partial charge in [-0.25, -0.2) is 0 Å². The summed E-state index contributed by atoms with van der Waals surface area (Å²) >= 11 is 0. The number of hydrogen-bond acceptors (Lipinski definition) is 5. The molecule has 0 aliphatic carbocycles. The maximum absolute atomic E-state index is 11.7. The van der Waals surface area contributed by atoms with Gasteiger partial charge in [0.15, 0.2) is 0 Å². The second kappa shape index (κ2) is 4.64. The third kappa shape index (κ3) is 2.24. The van der Waals surface area contributed by atoms with Crippen LogP contribution in [-0.2, 0) is 9.59 Å². The minimum absolute atomic E-state index is 0.222. The fourth-order valence-electron chi connectivity index (χ4n) is 2.14. The van der Waals surface area contributed by atoms with Crippen molar-refractivity contribution in [3.63, 3.8) is 0 Å². The van der Waals surface area contributed by atoms with Crippen molar-refractivity contribution in [2.24, 2.45) is 0 Å². The largest absolute Gasteiger partial charge is 0.372 e. The van der Waals surface area contributed by atoms with E-state index in [1.807, 2.05) is 24.3 Å². The molecule has 0 radical (unpaired) electrons. The topological polar surface area (TPSA) is 84.0 Å². The summed E-state index contributed by atoms with van der Waals surface area (Å²) in [5.41, 5.74) is 1.51. The van der Waals surface area contributed by atoms with Gasteiger partial charge in [-0.15, -0.1) is 0 Å². The first-order valence-corrected chi connectivity index (χ1v) is 6.05. The van der Waals surface area contributed by atoms with Crippen molar-refractivity contribution < 1.29 is 9.59 Å². The second-order valence-corrected chi connectivity index (χ2v) is 4.42. The van der Waals surface area contributed by atoms with E-state index in [4.69, 9.17) is 0 Å². The van der Waals surface area contributed by atoms with Gasteiger partial charge in [-0.1, -0.05) is 18.2 Å². The molecule has 6 nitrogen and oxygen atoms in total. The fourth-order valence-corrected chi connectivity index (χ4v) is 2.14. The molecule has 0 saturated carbocycles. The van der Waals surface area contributed by atoms with Crippen molar-refractivity contribution in [3.05, 3.63) is 30.5 Å². The number of amides is 2. The summed E-state index contributed by atoms with van der Waals surface area (Å²) in [5, 5.41) is 14.3. The summed E-state index contributed by atoms with van der Waals surface area (Å²) in [4.78, 5) is 22.8. The summed E-state index contributed by atoms with van der Waals surface area (Å²) in [6, 6.07) is 7.15. The van der Waals surface area contributed by atoms with Crippen LogP contribution in [0.5, 0.6) is 0 Å². The Bertz CT molecular complexity index is 651. The van der Waals surface area contributed by atoms with Crippen molar-refractivity contribution in [2.75, 3.05) is 5.32 Å². The van der Waals surface area contributed by atoms with Crippen LogP contribution in [0.2, 0.25) is 0 Å². The Morgan fingerprint density at radius 3 is 2.95 bits per heavy atom. The van der Waals surface area contributed by atoms with Gasteiger partial charge in [-0.05, 0) is 12.5 Å². The lowest BCUT2D eigenvalue weighted by atomic mass is 10.1. The van der Waals surface area contributed by atoms with E-state index in [0.29, 0.717) is 12.8 Å². The predicted octanol–water partition coefficient (Wildman–Crippen LogP) is 0.847. The molecule has 0 spiro atoms. The number of fused-ring (bicyclic) bond motifs is 1. The fraction of sp³-hybridized carbons (Fsp3) is 0.231. The number of hydrogen-bond donors (Lipinski definition) is 2. The Kier molecular flexibility index (Phi) is 2.83. The highest BCUT2D eigenvalue weighted by Gasteiger charge is 2.26. The summed E-state index contributed by atoms with van der Waals surface area (Å²) in [6.07, 6.45) is 2.42. The number of nitrogens with zero attached hydrogens (tertiary/aromatic N) is 2. The van der Waals surface area contributed by atoms with Crippen molar-refractivity contribution in [2.45, 2.75) is 18.9 Å². The average Bonchev–Trinajstić information content (AvgIpc) is 2.42. The Morgan fingerprint density at radius 2 is 2.11 bits per heavy atom. The highest BCUT2D eigenvalue weighted by Crippen LogP contribution is 2.22.